The monoisotopic (exact) mass is 727 g/mol. The molecule has 0 heterocycles. The summed E-state index contributed by atoms with van der Waals surface area (Å²) in [6.45, 7) is 26.2. The second-order valence-corrected chi connectivity index (χ2v) is 16.1. The summed E-state index contributed by atoms with van der Waals surface area (Å²) in [5, 5.41) is 0. The van der Waals surface area contributed by atoms with Crippen LogP contribution in [0.25, 0.3) is 0 Å². The van der Waals surface area contributed by atoms with E-state index in [1.807, 2.05) is 26.0 Å². The van der Waals surface area contributed by atoms with E-state index >= 15 is 0 Å². The predicted octanol–water partition coefficient (Wildman–Crippen LogP) is 15.0. The van der Waals surface area contributed by atoms with Crippen molar-refractivity contribution >= 4 is 0 Å². The SMILES string of the molecule is COC(C)(C=C(C)CCC=C(C)CCC[C@H](C)CCC=C(C)C)OC.COC(C)(C=CC=C(C)CCC=C(C)CCC[C@H](C)CCC=C(C)C)OC. The first-order valence-electron chi connectivity index (χ1n) is 20.3. The highest BCUT2D eigenvalue weighted by atomic mass is 16.7. The summed E-state index contributed by atoms with van der Waals surface area (Å²) in [4.78, 5) is 0. The number of methoxy groups -OCH3 is 4. The van der Waals surface area contributed by atoms with Gasteiger partial charge in [0.2, 0.25) is 0 Å². The van der Waals surface area contributed by atoms with Crippen molar-refractivity contribution in [1.82, 2.24) is 0 Å². The molecule has 302 valence electrons. The molecule has 0 aromatic rings. The lowest BCUT2D eigenvalue weighted by atomic mass is 9.96. The first-order valence-corrected chi connectivity index (χ1v) is 20.3. The Bertz CT molecular complexity index is 1110. The maximum absolute atomic E-state index is 5.38. The normalized spacial score (nSPS) is 14.6. The molecule has 0 spiro atoms. The minimum atomic E-state index is -0.643. The average molecular weight is 727 g/mol. The lowest BCUT2D eigenvalue weighted by Gasteiger charge is -2.23. The molecule has 0 bridgehead atoms. The van der Waals surface area contributed by atoms with Crippen LogP contribution in [0.4, 0.5) is 0 Å². The van der Waals surface area contributed by atoms with E-state index in [1.54, 1.807) is 28.4 Å². The Morgan fingerprint density at radius 3 is 1.27 bits per heavy atom. The van der Waals surface area contributed by atoms with Gasteiger partial charge in [-0.25, -0.2) is 0 Å². The van der Waals surface area contributed by atoms with Gasteiger partial charge in [-0.3, -0.25) is 0 Å². The molecule has 0 amide bonds. The molecule has 0 aliphatic heterocycles. The summed E-state index contributed by atoms with van der Waals surface area (Å²) in [5.41, 5.74) is 8.60. The lowest BCUT2D eigenvalue weighted by molar-refractivity contribution is -0.156. The van der Waals surface area contributed by atoms with E-state index in [0.29, 0.717) is 0 Å². The van der Waals surface area contributed by atoms with Gasteiger partial charge in [0.05, 0.1) is 0 Å². The standard InChI is InChI=1S/C25H44O2.C23H42O2/c1-21(2)13-9-14-22(3)15-10-16-23(4)17-11-18-24(5)19-12-20-25(6,26-7)27-8;1-19(2)12-9-13-20(3)14-10-15-21(4)16-11-17-22(5)18-23(6,24-7)25-8/h12-13,17,19-20,22H,9-11,14-16,18H2,1-8H3;12,16,18,20H,9-11,13-15,17H2,1-8H3/t22-;20-/m11/s1. The highest BCUT2D eigenvalue weighted by molar-refractivity contribution is 5.14. The van der Waals surface area contributed by atoms with Crippen molar-refractivity contribution < 1.29 is 18.9 Å². The van der Waals surface area contributed by atoms with Crippen molar-refractivity contribution in [2.45, 2.75) is 185 Å². The van der Waals surface area contributed by atoms with Gasteiger partial charge in [0.15, 0.2) is 11.6 Å². The van der Waals surface area contributed by atoms with Crippen LogP contribution in [0.2, 0.25) is 0 Å². The van der Waals surface area contributed by atoms with Crippen molar-refractivity contribution in [3.63, 3.8) is 0 Å². The molecular weight excluding hydrogens is 641 g/mol. The molecule has 0 aromatic heterocycles. The molecule has 0 aromatic carbocycles. The quantitative estimate of drug-likeness (QED) is 0.0480. The van der Waals surface area contributed by atoms with Gasteiger partial charge < -0.3 is 18.9 Å². The number of hydrogen-bond acceptors (Lipinski definition) is 4. The molecule has 0 radical (unpaired) electrons. The molecule has 0 saturated heterocycles. The zero-order valence-electron chi connectivity index (χ0n) is 37.3. The highest BCUT2D eigenvalue weighted by Gasteiger charge is 2.19. The van der Waals surface area contributed by atoms with Crippen LogP contribution in [0.1, 0.15) is 173 Å². The molecule has 0 fully saturated rings. The summed E-state index contributed by atoms with van der Waals surface area (Å²) in [5.74, 6) is 0.408. The van der Waals surface area contributed by atoms with Crippen molar-refractivity contribution in [1.29, 1.82) is 0 Å². The number of rotatable bonds is 27. The smallest absolute Gasteiger partial charge is 0.184 e. The Labute approximate surface area is 325 Å². The van der Waals surface area contributed by atoms with E-state index in [2.05, 4.69) is 106 Å². The van der Waals surface area contributed by atoms with Crippen LogP contribution in [-0.4, -0.2) is 40.0 Å². The summed E-state index contributed by atoms with van der Waals surface area (Å²) in [6, 6.07) is 0. The van der Waals surface area contributed by atoms with Crippen LogP contribution in [-0.2, 0) is 18.9 Å². The van der Waals surface area contributed by atoms with Crippen LogP contribution >= 0.6 is 0 Å². The van der Waals surface area contributed by atoms with Crippen molar-refractivity contribution in [2.75, 3.05) is 28.4 Å². The molecule has 0 aliphatic rings. The third-order valence-electron chi connectivity index (χ3n) is 9.93. The predicted molar refractivity (Wildman–Crippen MR) is 231 cm³/mol. The van der Waals surface area contributed by atoms with Crippen LogP contribution in [0.15, 0.2) is 82.0 Å². The Balaban J connectivity index is 0. The first kappa shape index (κ1) is 52.1. The topological polar surface area (TPSA) is 36.9 Å². The molecule has 0 rings (SSSR count). The minimum absolute atomic E-state index is 0.607. The van der Waals surface area contributed by atoms with E-state index in [9.17, 15) is 0 Å². The van der Waals surface area contributed by atoms with Gasteiger partial charge >= 0.3 is 0 Å². The number of allylic oxidation sites excluding steroid dienone is 12. The number of ether oxygens (including phenoxy) is 4. The third-order valence-corrected chi connectivity index (χ3v) is 9.93. The van der Waals surface area contributed by atoms with Crippen molar-refractivity contribution in [3.8, 4) is 0 Å². The molecule has 0 saturated carbocycles. The van der Waals surface area contributed by atoms with E-state index < -0.39 is 11.6 Å². The van der Waals surface area contributed by atoms with Crippen molar-refractivity contribution in [3.05, 3.63) is 82.0 Å². The fourth-order valence-corrected chi connectivity index (χ4v) is 5.77. The zero-order chi connectivity index (χ0) is 40.0. The highest BCUT2D eigenvalue weighted by Crippen LogP contribution is 2.21. The maximum Gasteiger partial charge on any atom is 0.184 e. The molecule has 0 N–H and O–H groups in total. The second kappa shape index (κ2) is 31.4. The fourth-order valence-electron chi connectivity index (χ4n) is 5.77. The van der Waals surface area contributed by atoms with E-state index in [-0.39, 0.29) is 0 Å². The number of hydrogen-bond donors (Lipinski definition) is 0. The van der Waals surface area contributed by atoms with E-state index in [0.717, 1.165) is 37.5 Å². The van der Waals surface area contributed by atoms with Crippen LogP contribution in [0, 0.1) is 11.8 Å². The zero-order valence-corrected chi connectivity index (χ0v) is 37.3. The van der Waals surface area contributed by atoms with Crippen LogP contribution in [0.5, 0.6) is 0 Å². The van der Waals surface area contributed by atoms with Gasteiger partial charge in [0.1, 0.15) is 0 Å². The van der Waals surface area contributed by atoms with Gasteiger partial charge in [-0.1, -0.05) is 96.6 Å². The fraction of sp³-hybridized carbons (Fsp3) is 0.708. The van der Waals surface area contributed by atoms with Gasteiger partial charge in [-0.15, -0.1) is 0 Å². The molecular formula is C48H86O4. The summed E-state index contributed by atoms with van der Waals surface area (Å²) >= 11 is 0. The lowest BCUT2D eigenvalue weighted by Crippen LogP contribution is -2.27. The van der Waals surface area contributed by atoms with E-state index in [4.69, 9.17) is 18.9 Å². The first-order chi connectivity index (χ1) is 24.4. The Kier molecular flexibility index (Phi) is 31.5. The summed E-state index contributed by atoms with van der Waals surface area (Å²) in [7, 11) is 6.67. The van der Waals surface area contributed by atoms with Gasteiger partial charge in [0.25, 0.3) is 0 Å². The Morgan fingerprint density at radius 2 is 0.885 bits per heavy atom. The molecule has 0 unspecified atom stereocenters. The molecule has 52 heavy (non-hydrogen) atoms. The van der Waals surface area contributed by atoms with Gasteiger partial charge in [-0.05, 0) is 170 Å². The average Bonchev–Trinajstić information content (AvgIpc) is 3.08. The summed E-state index contributed by atoms with van der Waals surface area (Å²) in [6.07, 6.45) is 34.9. The largest absolute Gasteiger partial charge is 0.350 e. The summed E-state index contributed by atoms with van der Waals surface area (Å²) < 4.78 is 21.4. The maximum atomic E-state index is 5.38. The van der Waals surface area contributed by atoms with Gasteiger partial charge in [-0.2, -0.15) is 0 Å². The molecule has 4 heteroatoms. The third kappa shape index (κ3) is 31.5. The van der Waals surface area contributed by atoms with Crippen LogP contribution < -0.4 is 0 Å². The second-order valence-electron chi connectivity index (χ2n) is 16.1. The Morgan fingerprint density at radius 1 is 0.481 bits per heavy atom. The van der Waals surface area contributed by atoms with Crippen LogP contribution in [0.3, 0.4) is 0 Å². The molecule has 2 atom stereocenters. The molecule has 4 nitrogen and oxygen atoms in total. The minimum Gasteiger partial charge on any atom is -0.350 e. The molecule has 0 aliphatic carbocycles. The van der Waals surface area contributed by atoms with Gasteiger partial charge in [0, 0.05) is 28.4 Å². The Hall–Kier alpha value is -1.98. The van der Waals surface area contributed by atoms with Crippen molar-refractivity contribution in [2.24, 2.45) is 11.8 Å². The van der Waals surface area contributed by atoms with E-state index in [1.165, 1.54) is 97.6 Å².